The van der Waals surface area contributed by atoms with Gasteiger partial charge >= 0.3 is 12.0 Å². The van der Waals surface area contributed by atoms with Crippen LogP contribution in [-0.4, -0.2) is 42.6 Å². The van der Waals surface area contributed by atoms with Crippen LogP contribution in [-0.2, 0) is 14.4 Å². The summed E-state index contributed by atoms with van der Waals surface area (Å²) in [6.07, 6.45) is 1.28. The maximum atomic E-state index is 13.1. The minimum atomic E-state index is -1.17. The molecule has 0 bridgehead atoms. The molecule has 1 aliphatic heterocycles. The van der Waals surface area contributed by atoms with Gasteiger partial charge in [0, 0.05) is 5.02 Å². The maximum absolute atomic E-state index is 13.1. The Kier molecular flexibility index (Phi) is 6.85. The van der Waals surface area contributed by atoms with Crippen LogP contribution in [0.3, 0.4) is 0 Å². The van der Waals surface area contributed by atoms with E-state index < -0.39 is 30.4 Å². The molecule has 0 atom stereocenters. The van der Waals surface area contributed by atoms with Crippen molar-refractivity contribution < 1.29 is 33.8 Å². The van der Waals surface area contributed by atoms with Gasteiger partial charge in [0.2, 0.25) is 0 Å². The number of anilines is 1. The summed E-state index contributed by atoms with van der Waals surface area (Å²) in [5.41, 5.74) is 0.814. The van der Waals surface area contributed by atoms with Crippen LogP contribution in [0.5, 0.6) is 11.5 Å². The van der Waals surface area contributed by atoms with Crippen LogP contribution < -0.4 is 19.7 Å². The summed E-state index contributed by atoms with van der Waals surface area (Å²) >= 11 is 9.38. The van der Waals surface area contributed by atoms with E-state index in [9.17, 15) is 19.2 Å². The van der Waals surface area contributed by atoms with E-state index in [0.717, 1.165) is 4.90 Å². The van der Waals surface area contributed by atoms with E-state index in [4.69, 9.17) is 26.2 Å². The van der Waals surface area contributed by atoms with E-state index >= 15 is 0 Å². The lowest BCUT2D eigenvalue weighted by molar-refractivity contribution is -0.139. The average molecular weight is 524 g/mol. The van der Waals surface area contributed by atoms with Gasteiger partial charge < -0.3 is 14.6 Å². The molecule has 166 valence electrons. The third-order valence-corrected chi connectivity index (χ3v) is 5.48. The summed E-state index contributed by atoms with van der Waals surface area (Å²) in [5.74, 6) is -2.55. The molecule has 1 fully saturated rings. The van der Waals surface area contributed by atoms with E-state index in [1.807, 2.05) is 0 Å². The fourth-order valence-electron chi connectivity index (χ4n) is 2.98. The summed E-state index contributed by atoms with van der Waals surface area (Å²) < 4.78 is 10.8. The molecule has 1 heterocycles. The molecule has 2 aromatic rings. The first-order chi connectivity index (χ1) is 15.1. The number of carboxylic acid groups (broad SMARTS) is 1. The third kappa shape index (κ3) is 4.61. The highest BCUT2D eigenvalue weighted by atomic mass is 79.9. The van der Waals surface area contributed by atoms with Crippen LogP contribution in [0.1, 0.15) is 11.1 Å². The van der Waals surface area contributed by atoms with Gasteiger partial charge in [0.1, 0.15) is 5.57 Å². The SMILES string of the molecule is COc1cc(/C=C2\C(=O)NC(=O)N(c3cccc(Cl)c3C)C2=O)cc(Br)c1OCC(=O)O. The number of hydrogen-bond donors (Lipinski definition) is 2. The van der Waals surface area contributed by atoms with Crippen LogP contribution in [0, 0.1) is 6.92 Å². The number of ether oxygens (including phenoxy) is 2. The normalized spacial score (nSPS) is 15.1. The van der Waals surface area contributed by atoms with Crippen molar-refractivity contribution in [2.24, 2.45) is 0 Å². The fraction of sp³-hybridized carbons (Fsp3) is 0.143. The molecule has 2 N–H and O–H groups in total. The molecular formula is C21H16BrClN2O7. The second kappa shape index (κ2) is 9.41. The second-order valence-electron chi connectivity index (χ2n) is 6.56. The Morgan fingerprint density at radius 2 is 2.00 bits per heavy atom. The molecule has 0 aromatic heterocycles. The Hall–Kier alpha value is -3.37. The zero-order valence-electron chi connectivity index (χ0n) is 16.8. The lowest BCUT2D eigenvalue weighted by Crippen LogP contribution is -2.54. The molecule has 0 unspecified atom stereocenters. The lowest BCUT2D eigenvalue weighted by atomic mass is 10.1. The summed E-state index contributed by atoms with van der Waals surface area (Å²) in [6.45, 7) is 1.06. The van der Waals surface area contributed by atoms with Crippen molar-refractivity contribution in [3.63, 3.8) is 0 Å². The summed E-state index contributed by atoms with van der Waals surface area (Å²) in [5, 5.41) is 11.3. The Balaban J connectivity index is 2.03. The molecule has 32 heavy (non-hydrogen) atoms. The van der Waals surface area contributed by atoms with Gasteiger partial charge in [-0.15, -0.1) is 0 Å². The molecule has 11 heteroatoms. The number of carbonyl (C=O) groups is 4. The Labute approximate surface area is 195 Å². The van der Waals surface area contributed by atoms with E-state index in [-0.39, 0.29) is 22.8 Å². The van der Waals surface area contributed by atoms with E-state index in [0.29, 0.717) is 20.6 Å². The first-order valence-corrected chi connectivity index (χ1v) is 10.2. The fourth-order valence-corrected chi connectivity index (χ4v) is 3.72. The van der Waals surface area contributed by atoms with E-state index in [1.165, 1.54) is 25.3 Å². The van der Waals surface area contributed by atoms with Gasteiger partial charge in [-0.1, -0.05) is 17.7 Å². The van der Waals surface area contributed by atoms with Crippen LogP contribution in [0.4, 0.5) is 10.5 Å². The number of halogens is 2. The van der Waals surface area contributed by atoms with Crippen LogP contribution in [0.2, 0.25) is 5.02 Å². The van der Waals surface area contributed by atoms with Crippen molar-refractivity contribution in [2.45, 2.75) is 6.92 Å². The van der Waals surface area contributed by atoms with E-state index in [1.54, 1.807) is 25.1 Å². The number of aliphatic carboxylic acids is 1. The van der Waals surface area contributed by atoms with Crippen molar-refractivity contribution in [1.29, 1.82) is 0 Å². The number of urea groups is 1. The van der Waals surface area contributed by atoms with Crippen molar-refractivity contribution in [2.75, 3.05) is 18.6 Å². The zero-order valence-corrected chi connectivity index (χ0v) is 19.1. The summed E-state index contributed by atoms with van der Waals surface area (Å²) in [6, 6.07) is 6.83. The minimum Gasteiger partial charge on any atom is -0.493 e. The topological polar surface area (TPSA) is 122 Å². The highest BCUT2D eigenvalue weighted by Gasteiger charge is 2.37. The number of rotatable bonds is 6. The average Bonchev–Trinajstić information content (AvgIpc) is 2.72. The monoisotopic (exact) mass is 522 g/mol. The number of benzene rings is 2. The van der Waals surface area contributed by atoms with Crippen LogP contribution in [0.15, 0.2) is 40.4 Å². The standard InChI is InChI=1S/C21H16BrClN2O7/c1-10-14(23)4-3-5-15(10)25-20(29)12(19(28)24-21(25)30)6-11-7-13(22)18(16(8-11)31-2)32-9-17(26)27/h3-8H,9H2,1-2H3,(H,26,27)(H,24,28,30)/b12-6+. The first kappa shape index (κ1) is 23.3. The number of imide groups is 2. The largest absolute Gasteiger partial charge is 0.493 e. The molecule has 3 rings (SSSR count). The number of barbiturate groups is 1. The van der Waals surface area contributed by atoms with Gasteiger partial charge in [0.15, 0.2) is 18.1 Å². The molecule has 1 saturated heterocycles. The molecule has 0 aliphatic carbocycles. The van der Waals surface area contributed by atoms with Crippen molar-refractivity contribution in [3.8, 4) is 11.5 Å². The number of carbonyl (C=O) groups excluding carboxylic acids is 3. The summed E-state index contributed by atoms with van der Waals surface area (Å²) in [7, 11) is 1.35. The molecule has 9 nitrogen and oxygen atoms in total. The molecule has 0 radical (unpaired) electrons. The molecule has 0 spiro atoms. The predicted molar refractivity (Wildman–Crippen MR) is 119 cm³/mol. The third-order valence-electron chi connectivity index (χ3n) is 4.48. The summed E-state index contributed by atoms with van der Waals surface area (Å²) in [4.78, 5) is 49.6. The molecule has 2 aromatic carbocycles. The number of hydrogen-bond acceptors (Lipinski definition) is 6. The number of amides is 4. The molecule has 1 aliphatic rings. The van der Waals surface area contributed by atoms with Crippen molar-refractivity contribution in [1.82, 2.24) is 5.32 Å². The zero-order chi connectivity index (χ0) is 23.6. The van der Waals surface area contributed by atoms with Gasteiger partial charge in [-0.25, -0.2) is 14.5 Å². The van der Waals surface area contributed by atoms with Crippen molar-refractivity contribution in [3.05, 3.63) is 56.5 Å². The second-order valence-corrected chi connectivity index (χ2v) is 7.82. The highest BCUT2D eigenvalue weighted by molar-refractivity contribution is 9.10. The Morgan fingerprint density at radius 1 is 1.28 bits per heavy atom. The van der Waals surface area contributed by atoms with Gasteiger partial charge in [-0.05, 0) is 64.3 Å². The maximum Gasteiger partial charge on any atom is 0.341 e. The Bertz CT molecular complexity index is 1180. The quantitative estimate of drug-likeness (QED) is 0.438. The van der Waals surface area contributed by atoms with Gasteiger partial charge in [0.25, 0.3) is 11.8 Å². The van der Waals surface area contributed by atoms with Gasteiger partial charge in [0.05, 0.1) is 17.3 Å². The first-order valence-electron chi connectivity index (χ1n) is 9.02. The van der Waals surface area contributed by atoms with Crippen LogP contribution in [0.25, 0.3) is 6.08 Å². The molecule has 0 saturated carbocycles. The van der Waals surface area contributed by atoms with E-state index in [2.05, 4.69) is 21.2 Å². The lowest BCUT2D eigenvalue weighted by Gasteiger charge is -2.27. The number of nitrogens with zero attached hydrogens (tertiary/aromatic N) is 1. The number of nitrogens with one attached hydrogen (secondary N) is 1. The van der Waals surface area contributed by atoms with Gasteiger partial charge in [-0.2, -0.15) is 0 Å². The number of carboxylic acids is 1. The molecular weight excluding hydrogens is 508 g/mol. The van der Waals surface area contributed by atoms with Crippen LogP contribution >= 0.6 is 27.5 Å². The smallest absolute Gasteiger partial charge is 0.341 e. The molecule has 4 amide bonds. The van der Waals surface area contributed by atoms with Crippen molar-refractivity contribution >= 4 is 63.1 Å². The number of methoxy groups -OCH3 is 1. The Morgan fingerprint density at radius 3 is 2.66 bits per heavy atom. The minimum absolute atomic E-state index is 0.142. The predicted octanol–water partition coefficient (Wildman–Crippen LogP) is 3.55. The van der Waals surface area contributed by atoms with Gasteiger partial charge in [-0.3, -0.25) is 14.9 Å². The highest BCUT2D eigenvalue weighted by Crippen LogP contribution is 2.37.